The molecule has 2 aromatic carbocycles. The smallest absolute Gasteiger partial charge is 0.245 e. The Hall–Kier alpha value is -2.73. The van der Waals surface area contributed by atoms with E-state index < -0.39 is 40.5 Å². The van der Waals surface area contributed by atoms with Crippen molar-refractivity contribution >= 4 is 50.1 Å². The number of primary amides is 1. The van der Waals surface area contributed by atoms with Crippen molar-refractivity contribution in [3.8, 4) is 0 Å². The van der Waals surface area contributed by atoms with Gasteiger partial charge in [-0.25, -0.2) is 8.42 Å². The number of rotatable bonds is 7. The lowest BCUT2D eigenvalue weighted by Crippen LogP contribution is -2.55. The van der Waals surface area contributed by atoms with Gasteiger partial charge in [-0.1, -0.05) is 23.7 Å². The SMILES string of the molecule is C[C@@H](C(=O)N1C[C@@H]2C[C@H]1CN2)N1CC[C@H](N(CC(N)=O)S(=O)(=O)c2ccc3cc(Cl)ccc3c2)C1=O. The van der Waals surface area contributed by atoms with Crippen LogP contribution < -0.4 is 11.1 Å². The van der Waals surface area contributed by atoms with Crippen molar-refractivity contribution in [1.29, 1.82) is 0 Å². The molecule has 10 nitrogen and oxygen atoms in total. The number of piperazine rings is 1. The molecule has 3 amide bonds. The Labute approximate surface area is 214 Å². The first kappa shape index (κ1) is 24.9. The maximum Gasteiger partial charge on any atom is 0.245 e. The van der Waals surface area contributed by atoms with Crippen LogP contribution in [-0.4, -0.2) is 90.6 Å². The largest absolute Gasteiger partial charge is 0.369 e. The summed E-state index contributed by atoms with van der Waals surface area (Å²) in [6.07, 6.45) is 1.05. The van der Waals surface area contributed by atoms with E-state index in [2.05, 4.69) is 5.32 Å². The summed E-state index contributed by atoms with van der Waals surface area (Å²) in [5.74, 6) is -1.52. The molecule has 12 heteroatoms. The first-order chi connectivity index (χ1) is 17.1. The van der Waals surface area contributed by atoms with Crippen LogP contribution in [0.5, 0.6) is 0 Å². The van der Waals surface area contributed by atoms with Gasteiger partial charge in [0.2, 0.25) is 27.7 Å². The van der Waals surface area contributed by atoms with Gasteiger partial charge in [-0.3, -0.25) is 14.4 Å². The van der Waals surface area contributed by atoms with E-state index in [1.165, 1.54) is 17.0 Å². The number of halogens is 1. The fraction of sp³-hybridized carbons (Fsp3) is 0.458. The van der Waals surface area contributed by atoms with Crippen LogP contribution in [0.25, 0.3) is 10.8 Å². The van der Waals surface area contributed by atoms with Crippen molar-refractivity contribution in [2.45, 2.75) is 48.8 Å². The lowest BCUT2D eigenvalue weighted by atomic mass is 10.1. The van der Waals surface area contributed by atoms with Gasteiger partial charge in [0, 0.05) is 36.7 Å². The van der Waals surface area contributed by atoms with E-state index >= 15 is 0 Å². The molecule has 0 unspecified atom stereocenters. The van der Waals surface area contributed by atoms with E-state index in [9.17, 15) is 22.8 Å². The molecule has 0 aromatic heterocycles. The topological polar surface area (TPSA) is 133 Å². The van der Waals surface area contributed by atoms with Crippen molar-refractivity contribution in [3.63, 3.8) is 0 Å². The third-order valence-electron chi connectivity index (χ3n) is 7.42. The van der Waals surface area contributed by atoms with Crippen molar-refractivity contribution in [1.82, 2.24) is 19.4 Å². The minimum atomic E-state index is -4.26. The summed E-state index contributed by atoms with van der Waals surface area (Å²) >= 11 is 6.03. The Morgan fingerprint density at radius 3 is 2.61 bits per heavy atom. The molecule has 3 aliphatic rings. The quantitative estimate of drug-likeness (QED) is 0.533. The van der Waals surface area contributed by atoms with E-state index in [4.69, 9.17) is 17.3 Å². The van der Waals surface area contributed by atoms with Gasteiger partial charge in [-0.15, -0.1) is 0 Å². The molecule has 0 radical (unpaired) electrons. The van der Waals surface area contributed by atoms with Crippen molar-refractivity contribution in [2.75, 3.05) is 26.2 Å². The van der Waals surface area contributed by atoms with E-state index in [0.717, 1.165) is 22.7 Å². The Morgan fingerprint density at radius 2 is 1.94 bits per heavy atom. The number of benzene rings is 2. The van der Waals surface area contributed by atoms with Crippen LogP contribution in [0.3, 0.4) is 0 Å². The standard InChI is InChI=1S/C24H28ClN5O5S/c1-14(23(32)29-12-18-10-19(29)11-27-18)28-7-6-21(24(28)33)30(13-22(26)31)36(34,35)20-5-3-15-8-17(25)4-2-16(15)9-20/h2-5,8-9,14,18-19,21,27H,6-7,10-13H2,1H3,(H2,26,31)/t14-,18-,19-,21-/m0/s1. The number of amides is 3. The monoisotopic (exact) mass is 533 g/mol. The minimum absolute atomic E-state index is 0.0606. The molecule has 0 spiro atoms. The zero-order chi connectivity index (χ0) is 25.8. The van der Waals surface area contributed by atoms with Crippen LogP contribution in [0.1, 0.15) is 19.8 Å². The average Bonchev–Trinajstić information content (AvgIpc) is 3.57. The predicted octanol–water partition coefficient (Wildman–Crippen LogP) is 0.531. The summed E-state index contributed by atoms with van der Waals surface area (Å²) in [4.78, 5) is 41.7. The maximum atomic E-state index is 13.7. The summed E-state index contributed by atoms with van der Waals surface area (Å²) in [5.41, 5.74) is 5.40. The van der Waals surface area contributed by atoms with Gasteiger partial charge in [0.25, 0.3) is 0 Å². The number of nitrogens with zero attached hydrogens (tertiary/aromatic N) is 3. The Balaban J connectivity index is 1.40. The number of likely N-dealkylation sites (tertiary alicyclic amines) is 2. The number of carbonyl (C=O) groups is 3. The van der Waals surface area contributed by atoms with E-state index in [-0.39, 0.29) is 35.9 Å². The molecule has 5 rings (SSSR count). The summed E-state index contributed by atoms with van der Waals surface area (Å²) in [5, 5.41) is 5.27. The number of carbonyl (C=O) groups excluding carboxylic acids is 3. The highest BCUT2D eigenvalue weighted by Crippen LogP contribution is 2.30. The summed E-state index contributed by atoms with van der Waals surface area (Å²) in [6, 6.07) is 8.13. The van der Waals surface area contributed by atoms with Gasteiger partial charge in [-0.05, 0) is 54.8 Å². The molecule has 0 aliphatic carbocycles. The van der Waals surface area contributed by atoms with Crippen molar-refractivity contribution in [3.05, 3.63) is 41.4 Å². The van der Waals surface area contributed by atoms with Crippen LogP contribution in [0.15, 0.2) is 41.3 Å². The van der Waals surface area contributed by atoms with Gasteiger partial charge in [0.15, 0.2) is 0 Å². The second-order valence-electron chi connectivity index (χ2n) is 9.67. The molecule has 3 N–H and O–H groups in total. The number of sulfonamides is 1. The van der Waals surface area contributed by atoms with E-state index in [0.29, 0.717) is 17.0 Å². The molecule has 0 saturated carbocycles. The van der Waals surface area contributed by atoms with Gasteiger partial charge in [0.1, 0.15) is 12.1 Å². The molecular formula is C24H28ClN5O5S. The van der Waals surface area contributed by atoms with Crippen molar-refractivity contribution < 1.29 is 22.8 Å². The van der Waals surface area contributed by atoms with Crippen LogP contribution in [-0.2, 0) is 24.4 Å². The highest BCUT2D eigenvalue weighted by atomic mass is 35.5. The zero-order valence-electron chi connectivity index (χ0n) is 19.8. The molecule has 192 valence electrons. The number of fused-ring (bicyclic) bond motifs is 3. The highest BCUT2D eigenvalue weighted by molar-refractivity contribution is 7.89. The third-order valence-corrected chi connectivity index (χ3v) is 9.50. The van der Waals surface area contributed by atoms with Gasteiger partial charge in [0.05, 0.1) is 11.4 Å². The van der Waals surface area contributed by atoms with Gasteiger partial charge >= 0.3 is 0 Å². The lowest BCUT2D eigenvalue weighted by Gasteiger charge is -2.33. The molecule has 36 heavy (non-hydrogen) atoms. The van der Waals surface area contributed by atoms with E-state index in [1.807, 2.05) is 4.90 Å². The van der Waals surface area contributed by atoms with E-state index in [1.54, 1.807) is 31.2 Å². The molecular weight excluding hydrogens is 506 g/mol. The molecule has 2 bridgehead atoms. The Morgan fingerprint density at radius 1 is 1.22 bits per heavy atom. The van der Waals surface area contributed by atoms with Crippen LogP contribution in [0.4, 0.5) is 0 Å². The summed E-state index contributed by atoms with van der Waals surface area (Å²) in [6.45, 7) is 2.58. The first-order valence-electron chi connectivity index (χ1n) is 11.9. The summed E-state index contributed by atoms with van der Waals surface area (Å²) < 4.78 is 28.2. The molecule has 3 fully saturated rings. The van der Waals surface area contributed by atoms with Crippen LogP contribution in [0.2, 0.25) is 5.02 Å². The lowest BCUT2D eigenvalue weighted by molar-refractivity contribution is -0.145. The normalized spacial score (nSPS) is 24.8. The Kier molecular flexibility index (Phi) is 6.44. The minimum Gasteiger partial charge on any atom is -0.369 e. The molecule has 3 heterocycles. The van der Waals surface area contributed by atoms with Gasteiger partial charge in [-0.2, -0.15) is 4.31 Å². The van der Waals surface area contributed by atoms with Gasteiger partial charge < -0.3 is 20.9 Å². The second-order valence-corrected chi connectivity index (χ2v) is 12.0. The fourth-order valence-electron chi connectivity index (χ4n) is 5.55. The molecule has 3 saturated heterocycles. The summed E-state index contributed by atoms with van der Waals surface area (Å²) in [7, 11) is -4.26. The molecule has 2 aromatic rings. The fourth-order valence-corrected chi connectivity index (χ4v) is 7.34. The highest BCUT2D eigenvalue weighted by Gasteiger charge is 2.47. The first-order valence-corrected chi connectivity index (χ1v) is 13.7. The van der Waals surface area contributed by atoms with Crippen LogP contribution >= 0.6 is 11.6 Å². The third kappa shape index (κ3) is 4.34. The zero-order valence-corrected chi connectivity index (χ0v) is 21.3. The average molecular weight is 534 g/mol. The predicted molar refractivity (Wildman–Crippen MR) is 134 cm³/mol. The van der Waals surface area contributed by atoms with Crippen molar-refractivity contribution in [2.24, 2.45) is 5.73 Å². The molecule has 3 aliphatic heterocycles. The van der Waals surface area contributed by atoms with Crippen LogP contribution in [0, 0.1) is 0 Å². The number of hydrogen-bond donors (Lipinski definition) is 2. The molecule has 4 atom stereocenters. The Bertz CT molecular complexity index is 1350. The number of nitrogens with one attached hydrogen (secondary N) is 1. The maximum absolute atomic E-state index is 13.7. The second kappa shape index (κ2) is 9.29. The number of hydrogen-bond acceptors (Lipinski definition) is 6. The number of nitrogens with two attached hydrogens (primary N) is 1.